The molecule has 3 aromatic carbocycles. The smallest absolute Gasteiger partial charge is 0.247 e. The van der Waals surface area contributed by atoms with Crippen LogP contribution < -0.4 is 14.8 Å². The van der Waals surface area contributed by atoms with Crippen molar-refractivity contribution >= 4 is 22.8 Å². The lowest BCUT2D eigenvalue weighted by Crippen LogP contribution is -2.47. The fourth-order valence-corrected chi connectivity index (χ4v) is 5.51. The maximum Gasteiger partial charge on any atom is 0.247 e. The third-order valence-corrected chi connectivity index (χ3v) is 7.56. The van der Waals surface area contributed by atoms with Crippen molar-refractivity contribution in [1.82, 2.24) is 25.2 Å². The summed E-state index contributed by atoms with van der Waals surface area (Å²) in [6.45, 7) is 2.29. The van der Waals surface area contributed by atoms with E-state index in [1.807, 2.05) is 73.7 Å². The Labute approximate surface area is 226 Å². The Bertz CT molecular complexity index is 1510. The highest BCUT2D eigenvalue weighted by molar-refractivity contribution is 5.89. The quantitative estimate of drug-likeness (QED) is 0.368. The van der Waals surface area contributed by atoms with E-state index in [2.05, 4.69) is 15.6 Å². The van der Waals surface area contributed by atoms with Gasteiger partial charge in [-0.05, 0) is 60.7 Å². The molecule has 0 bridgehead atoms. The van der Waals surface area contributed by atoms with E-state index in [9.17, 15) is 9.59 Å². The van der Waals surface area contributed by atoms with Crippen LogP contribution in [0.15, 0.2) is 66.7 Å². The number of aryl methyl sites for hydroxylation is 1. The largest absolute Gasteiger partial charge is 0.454 e. The summed E-state index contributed by atoms with van der Waals surface area (Å²) in [5.74, 6) is 0.886. The van der Waals surface area contributed by atoms with Gasteiger partial charge in [0, 0.05) is 12.6 Å². The van der Waals surface area contributed by atoms with Crippen LogP contribution >= 0.6 is 0 Å². The molecule has 1 aromatic heterocycles. The van der Waals surface area contributed by atoms with Crippen LogP contribution in [0, 0.1) is 6.92 Å². The minimum atomic E-state index is -0.820. The maximum atomic E-state index is 14.2. The van der Waals surface area contributed by atoms with E-state index in [-0.39, 0.29) is 37.7 Å². The normalized spacial score (nSPS) is 15.4. The predicted octanol–water partition coefficient (Wildman–Crippen LogP) is 4.30. The summed E-state index contributed by atoms with van der Waals surface area (Å²) in [5.41, 5.74) is 4.05. The average molecular weight is 526 g/mol. The number of nitrogens with zero attached hydrogens (tertiary/aromatic N) is 4. The minimum Gasteiger partial charge on any atom is -0.454 e. The maximum absolute atomic E-state index is 14.2. The van der Waals surface area contributed by atoms with E-state index < -0.39 is 6.04 Å². The number of fused-ring (bicyclic) bond motifs is 2. The number of amides is 2. The molecule has 39 heavy (non-hydrogen) atoms. The summed E-state index contributed by atoms with van der Waals surface area (Å²) >= 11 is 0. The lowest BCUT2D eigenvalue weighted by molar-refractivity contribution is -0.142. The highest BCUT2D eigenvalue weighted by atomic mass is 16.7. The molecule has 1 unspecified atom stereocenters. The first-order valence-corrected chi connectivity index (χ1v) is 13.4. The van der Waals surface area contributed by atoms with Crippen molar-refractivity contribution in [3.63, 3.8) is 0 Å². The zero-order valence-electron chi connectivity index (χ0n) is 21.9. The Balaban J connectivity index is 1.39. The summed E-state index contributed by atoms with van der Waals surface area (Å²) in [5, 5.41) is 11.7. The average Bonchev–Trinajstić information content (AvgIpc) is 3.71. The lowest BCUT2D eigenvalue weighted by atomic mass is 9.97. The Hall–Kier alpha value is -4.40. The highest BCUT2D eigenvalue weighted by Crippen LogP contribution is 2.34. The Morgan fingerprint density at radius 3 is 2.64 bits per heavy atom. The van der Waals surface area contributed by atoms with Crippen LogP contribution in [0.5, 0.6) is 11.5 Å². The molecule has 0 saturated heterocycles. The van der Waals surface area contributed by atoms with Crippen LogP contribution in [0.1, 0.15) is 48.4 Å². The van der Waals surface area contributed by atoms with Gasteiger partial charge in [0.25, 0.3) is 0 Å². The molecular weight excluding hydrogens is 494 g/mol. The molecule has 1 saturated carbocycles. The molecule has 200 valence electrons. The third kappa shape index (κ3) is 5.16. The molecule has 1 aliphatic carbocycles. The zero-order valence-corrected chi connectivity index (χ0v) is 21.9. The van der Waals surface area contributed by atoms with E-state index in [0.717, 1.165) is 47.9 Å². The van der Waals surface area contributed by atoms with E-state index in [4.69, 9.17) is 9.47 Å². The fraction of sp³-hybridized carbons (Fsp3) is 0.333. The zero-order chi connectivity index (χ0) is 26.8. The monoisotopic (exact) mass is 525 g/mol. The van der Waals surface area contributed by atoms with Gasteiger partial charge in [0.15, 0.2) is 11.5 Å². The molecule has 1 N–H and O–H groups in total. The van der Waals surface area contributed by atoms with Crippen molar-refractivity contribution in [1.29, 1.82) is 0 Å². The third-order valence-electron chi connectivity index (χ3n) is 7.56. The molecule has 0 radical (unpaired) electrons. The van der Waals surface area contributed by atoms with Gasteiger partial charge in [0.1, 0.15) is 18.1 Å². The SMILES string of the molecule is Cc1ccccc1C(C(=O)NC1CCCC1)N(Cc1ccc2c(c1)OCO2)C(=O)Cn1nnc2ccccc21. The number of carbonyl (C=O) groups excluding carboxylic acids is 2. The molecule has 9 heteroatoms. The summed E-state index contributed by atoms with van der Waals surface area (Å²) in [6.07, 6.45) is 4.10. The molecule has 1 atom stereocenters. The summed E-state index contributed by atoms with van der Waals surface area (Å²) in [4.78, 5) is 29.8. The number of hydrogen-bond donors (Lipinski definition) is 1. The molecule has 2 aliphatic rings. The van der Waals surface area contributed by atoms with E-state index in [1.165, 1.54) is 0 Å². The predicted molar refractivity (Wildman–Crippen MR) is 145 cm³/mol. The standard InChI is InChI=1S/C30H31N5O4/c1-20-8-2-5-11-23(20)29(30(37)31-22-9-3-4-10-22)34(17-21-14-15-26-27(16-21)39-19-38-26)28(36)18-35-25-13-7-6-12-24(25)32-33-35/h2,5-8,11-16,22,29H,3-4,9-10,17-19H2,1H3,(H,31,37). The Morgan fingerprint density at radius 2 is 1.79 bits per heavy atom. The number of aromatic nitrogens is 3. The molecule has 2 heterocycles. The number of nitrogens with one attached hydrogen (secondary N) is 1. The number of carbonyl (C=O) groups is 2. The molecule has 6 rings (SSSR count). The molecule has 4 aromatic rings. The van der Waals surface area contributed by atoms with E-state index >= 15 is 0 Å². The van der Waals surface area contributed by atoms with Gasteiger partial charge < -0.3 is 19.7 Å². The number of benzene rings is 3. The molecule has 1 aliphatic heterocycles. The topological polar surface area (TPSA) is 98.6 Å². The minimum absolute atomic E-state index is 0.0514. The van der Waals surface area contributed by atoms with Crippen molar-refractivity contribution in [2.24, 2.45) is 0 Å². The first kappa shape index (κ1) is 24.9. The van der Waals surface area contributed by atoms with Crippen LogP contribution in [-0.2, 0) is 22.7 Å². The Morgan fingerprint density at radius 1 is 1.03 bits per heavy atom. The van der Waals surface area contributed by atoms with Gasteiger partial charge in [0.2, 0.25) is 18.6 Å². The van der Waals surface area contributed by atoms with Gasteiger partial charge in [-0.2, -0.15) is 0 Å². The number of para-hydroxylation sites is 1. The van der Waals surface area contributed by atoms with Crippen LogP contribution in [0.25, 0.3) is 11.0 Å². The van der Waals surface area contributed by atoms with Crippen LogP contribution in [-0.4, -0.2) is 44.5 Å². The molecular formula is C30H31N5O4. The van der Waals surface area contributed by atoms with Crippen molar-refractivity contribution in [3.8, 4) is 11.5 Å². The summed E-state index contributed by atoms with van der Waals surface area (Å²) in [6, 6.07) is 20.2. The van der Waals surface area contributed by atoms with Gasteiger partial charge in [-0.15, -0.1) is 5.10 Å². The number of ether oxygens (including phenoxy) is 2. The Kier molecular flexibility index (Phi) is 6.87. The fourth-order valence-electron chi connectivity index (χ4n) is 5.51. The van der Waals surface area contributed by atoms with Gasteiger partial charge in [-0.1, -0.05) is 60.5 Å². The number of hydrogen-bond acceptors (Lipinski definition) is 6. The highest BCUT2D eigenvalue weighted by Gasteiger charge is 2.34. The first-order chi connectivity index (χ1) is 19.1. The molecule has 0 spiro atoms. The second-order valence-corrected chi connectivity index (χ2v) is 10.2. The second kappa shape index (κ2) is 10.8. The van der Waals surface area contributed by atoms with E-state index in [0.29, 0.717) is 17.0 Å². The van der Waals surface area contributed by atoms with Crippen molar-refractivity contribution in [2.75, 3.05) is 6.79 Å². The van der Waals surface area contributed by atoms with Gasteiger partial charge in [0.05, 0.1) is 5.52 Å². The molecule has 2 amide bonds. The van der Waals surface area contributed by atoms with Crippen LogP contribution in [0.3, 0.4) is 0 Å². The van der Waals surface area contributed by atoms with Crippen molar-refractivity contribution < 1.29 is 19.1 Å². The van der Waals surface area contributed by atoms with Gasteiger partial charge in [-0.3, -0.25) is 9.59 Å². The van der Waals surface area contributed by atoms with Gasteiger partial charge >= 0.3 is 0 Å². The first-order valence-electron chi connectivity index (χ1n) is 13.4. The molecule has 9 nitrogen and oxygen atoms in total. The van der Waals surface area contributed by atoms with Crippen LogP contribution in [0.2, 0.25) is 0 Å². The summed E-state index contributed by atoms with van der Waals surface area (Å²) in [7, 11) is 0. The molecule has 1 fully saturated rings. The lowest BCUT2D eigenvalue weighted by Gasteiger charge is -2.33. The second-order valence-electron chi connectivity index (χ2n) is 10.2. The summed E-state index contributed by atoms with van der Waals surface area (Å²) < 4.78 is 12.7. The van der Waals surface area contributed by atoms with Gasteiger partial charge in [-0.25, -0.2) is 4.68 Å². The van der Waals surface area contributed by atoms with E-state index in [1.54, 1.807) is 9.58 Å². The van der Waals surface area contributed by atoms with Crippen molar-refractivity contribution in [3.05, 3.63) is 83.4 Å². The van der Waals surface area contributed by atoms with Crippen molar-refractivity contribution in [2.45, 2.75) is 57.8 Å². The van der Waals surface area contributed by atoms with Crippen LogP contribution in [0.4, 0.5) is 0 Å². The number of rotatable bonds is 8.